The number of aryl methyl sites for hydroxylation is 2. The summed E-state index contributed by atoms with van der Waals surface area (Å²) in [6.07, 6.45) is 12.2. The maximum atomic E-state index is 12.5. The number of rotatable bonds is 14. The van der Waals surface area contributed by atoms with Crippen LogP contribution in [0.1, 0.15) is 78.1 Å². The Bertz CT molecular complexity index is 963. The summed E-state index contributed by atoms with van der Waals surface area (Å²) in [5, 5.41) is 0.0832. The number of nitrogens with zero attached hydrogens (tertiary/aromatic N) is 3. The summed E-state index contributed by atoms with van der Waals surface area (Å²) >= 11 is 1.24. The first-order valence-electron chi connectivity index (χ1n) is 11.3. The van der Waals surface area contributed by atoms with Gasteiger partial charge in [-0.2, -0.15) is 0 Å². The van der Waals surface area contributed by atoms with Crippen LogP contribution in [0.2, 0.25) is 0 Å². The lowest BCUT2D eigenvalue weighted by molar-refractivity contribution is -0.139. The molecular formula is C22H36N4O4S. The van der Waals surface area contributed by atoms with Gasteiger partial charge in [-0.1, -0.05) is 76.5 Å². The highest BCUT2D eigenvalue weighted by atomic mass is 32.2. The van der Waals surface area contributed by atoms with E-state index in [1.165, 1.54) is 68.4 Å². The lowest BCUT2D eigenvalue weighted by Gasteiger charge is -2.11. The minimum atomic E-state index is -0.501. The number of aromatic amines is 1. The molecule has 2 aromatic heterocycles. The third-order valence-electron chi connectivity index (χ3n) is 5.52. The number of thioether (sulfide) groups is 1. The van der Waals surface area contributed by atoms with Crippen molar-refractivity contribution in [2.75, 3.05) is 7.11 Å². The van der Waals surface area contributed by atoms with E-state index < -0.39 is 16.5 Å². The molecular weight excluding hydrogens is 416 g/mol. The molecule has 0 radical (unpaired) electrons. The van der Waals surface area contributed by atoms with Crippen LogP contribution in [0.25, 0.3) is 11.2 Å². The number of carbonyl (C=O) groups is 1. The molecule has 2 heterocycles. The zero-order valence-electron chi connectivity index (χ0n) is 19.2. The van der Waals surface area contributed by atoms with Crippen molar-refractivity contribution >= 4 is 28.9 Å². The SMILES string of the molecule is CCCCCCCCCCCCn1c(SC(C)C(=O)OC)nc2c1c(=O)[nH]c(=O)n2C. The zero-order chi connectivity index (χ0) is 22.8. The van der Waals surface area contributed by atoms with E-state index in [-0.39, 0.29) is 5.97 Å². The normalized spacial score (nSPS) is 12.4. The minimum Gasteiger partial charge on any atom is -0.468 e. The summed E-state index contributed by atoms with van der Waals surface area (Å²) < 4.78 is 7.98. The maximum Gasteiger partial charge on any atom is 0.329 e. The second-order valence-corrected chi connectivity index (χ2v) is 9.31. The number of unbranched alkanes of at least 4 members (excludes halogenated alkanes) is 9. The van der Waals surface area contributed by atoms with Crippen molar-refractivity contribution in [2.45, 2.75) is 95.0 Å². The average molecular weight is 453 g/mol. The molecule has 2 aromatic rings. The van der Waals surface area contributed by atoms with Gasteiger partial charge in [0, 0.05) is 13.6 Å². The van der Waals surface area contributed by atoms with Crippen molar-refractivity contribution in [1.29, 1.82) is 0 Å². The quantitative estimate of drug-likeness (QED) is 0.264. The first kappa shape index (κ1) is 25.2. The fraction of sp³-hybridized carbons (Fsp3) is 0.727. The van der Waals surface area contributed by atoms with Crippen LogP contribution < -0.4 is 11.2 Å². The molecule has 1 N–H and O–H groups in total. The number of aromatic nitrogens is 4. The van der Waals surface area contributed by atoms with Gasteiger partial charge in [-0.3, -0.25) is 19.1 Å². The zero-order valence-corrected chi connectivity index (χ0v) is 20.1. The van der Waals surface area contributed by atoms with Gasteiger partial charge in [-0.25, -0.2) is 9.78 Å². The van der Waals surface area contributed by atoms with Gasteiger partial charge < -0.3 is 9.30 Å². The Hall–Kier alpha value is -2.03. The predicted octanol–water partition coefficient (Wildman–Crippen LogP) is 4.00. The van der Waals surface area contributed by atoms with Crippen LogP contribution in [-0.2, 0) is 23.1 Å². The number of ether oxygens (including phenoxy) is 1. The van der Waals surface area contributed by atoms with Gasteiger partial charge >= 0.3 is 11.7 Å². The van der Waals surface area contributed by atoms with Gasteiger partial charge in [0.15, 0.2) is 16.3 Å². The molecule has 0 aliphatic rings. The monoisotopic (exact) mass is 452 g/mol. The molecule has 31 heavy (non-hydrogen) atoms. The molecule has 174 valence electrons. The summed E-state index contributed by atoms with van der Waals surface area (Å²) in [6, 6.07) is 0. The van der Waals surface area contributed by atoms with E-state index in [2.05, 4.69) is 16.9 Å². The van der Waals surface area contributed by atoms with E-state index in [4.69, 9.17) is 4.74 Å². The third kappa shape index (κ3) is 6.98. The van der Waals surface area contributed by atoms with Crippen molar-refractivity contribution in [3.05, 3.63) is 20.8 Å². The molecule has 0 spiro atoms. The highest BCUT2D eigenvalue weighted by molar-refractivity contribution is 8.00. The molecule has 1 atom stereocenters. The molecule has 8 nitrogen and oxygen atoms in total. The number of fused-ring (bicyclic) bond motifs is 1. The van der Waals surface area contributed by atoms with Crippen molar-refractivity contribution in [1.82, 2.24) is 19.1 Å². The first-order chi connectivity index (χ1) is 14.9. The molecule has 0 aliphatic carbocycles. The van der Waals surface area contributed by atoms with Crippen LogP contribution in [0.5, 0.6) is 0 Å². The second kappa shape index (κ2) is 12.7. The molecule has 0 fully saturated rings. The summed E-state index contributed by atoms with van der Waals surface area (Å²) in [6.45, 7) is 4.59. The molecule has 0 aromatic carbocycles. The Morgan fingerprint density at radius 3 is 2.23 bits per heavy atom. The Labute approximate surface area is 187 Å². The van der Waals surface area contributed by atoms with Gasteiger partial charge in [0.1, 0.15) is 5.25 Å². The summed E-state index contributed by atoms with van der Waals surface area (Å²) in [5.41, 5.74) is -0.244. The topological polar surface area (TPSA) is 99.0 Å². The fourth-order valence-corrected chi connectivity index (χ4v) is 4.60. The van der Waals surface area contributed by atoms with Crippen molar-refractivity contribution in [3.8, 4) is 0 Å². The number of methoxy groups -OCH3 is 1. The van der Waals surface area contributed by atoms with Crippen LogP contribution in [0.15, 0.2) is 14.7 Å². The van der Waals surface area contributed by atoms with E-state index >= 15 is 0 Å². The summed E-state index contributed by atoms with van der Waals surface area (Å²) in [5.74, 6) is -0.356. The first-order valence-corrected chi connectivity index (χ1v) is 12.2. The number of hydrogen-bond donors (Lipinski definition) is 1. The largest absolute Gasteiger partial charge is 0.468 e. The van der Waals surface area contributed by atoms with Crippen molar-refractivity contribution in [2.24, 2.45) is 7.05 Å². The average Bonchev–Trinajstić information content (AvgIpc) is 3.11. The Balaban J connectivity index is 2.04. The third-order valence-corrected chi connectivity index (χ3v) is 6.59. The van der Waals surface area contributed by atoms with Gasteiger partial charge in [-0.05, 0) is 13.3 Å². The number of nitrogens with one attached hydrogen (secondary N) is 1. The molecule has 0 bridgehead atoms. The van der Waals surface area contributed by atoms with Crippen LogP contribution in [0, 0.1) is 0 Å². The number of carbonyl (C=O) groups excluding carboxylic acids is 1. The Morgan fingerprint density at radius 1 is 1.06 bits per heavy atom. The van der Waals surface area contributed by atoms with Crippen LogP contribution in [-0.4, -0.2) is 37.4 Å². The standard InChI is InChI=1S/C22H36N4O4S/c1-5-6-7-8-9-10-11-12-13-14-15-26-17-18(25(3)21(29)24-19(17)27)23-22(26)31-16(2)20(28)30-4/h16H,5-15H2,1-4H3,(H,24,27,29). The smallest absolute Gasteiger partial charge is 0.329 e. The van der Waals surface area contributed by atoms with Crippen molar-refractivity contribution < 1.29 is 9.53 Å². The molecule has 0 aliphatic heterocycles. The van der Waals surface area contributed by atoms with Crippen LogP contribution in [0.3, 0.4) is 0 Å². The highest BCUT2D eigenvalue weighted by Gasteiger charge is 2.22. The molecule has 0 saturated heterocycles. The van der Waals surface area contributed by atoms with E-state index in [0.717, 1.165) is 19.3 Å². The Morgan fingerprint density at radius 2 is 1.65 bits per heavy atom. The van der Waals surface area contributed by atoms with Crippen molar-refractivity contribution in [3.63, 3.8) is 0 Å². The lowest BCUT2D eigenvalue weighted by Crippen LogP contribution is -2.29. The second-order valence-electron chi connectivity index (χ2n) is 8.00. The Kier molecular flexibility index (Phi) is 10.4. The predicted molar refractivity (Wildman–Crippen MR) is 125 cm³/mol. The summed E-state index contributed by atoms with van der Waals surface area (Å²) in [7, 11) is 2.93. The van der Waals surface area contributed by atoms with E-state index in [0.29, 0.717) is 22.9 Å². The van der Waals surface area contributed by atoms with E-state index in [1.54, 1.807) is 14.0 Å². The van der Waals surface area contributed by atoms with Gasteiger partial charge in [-0.15, -0.1) is 0 Å². The lowest BCUT2D eigenvalue weighted by atomic mass is 10.1. The molecule has 2 rings (SSSR count). The molecule has 0 saturated carbocycles. The van der Waals surface area contributed by atoms with Gasteiger partial charge in [0.25, 0.3) is 5.56 Å². The summed E-state index contributed by atoms with van der Waals surface area (Å²) in [4.78, 5) is 43.2. The number of imidazole rings is 1. The highest BCUT2D eigenvalue weighted by Crippen LogP contribution is 2.26. The number of esters is 1. The van der Waals surface area contributed by atoms with E-state index in [1.807, 2.05) is 4.57 Å². The van der Waals surface area contributed by atoms with Gasteiger partial charge in [0.2, 0.25) is 0 Å². The van der Waals surface area contributed by atoms with E-state index in [9.17, 15) is 14.4 Å². The fourth-order valence-electron chi connectivity index (χ4n) is 3.64. The van der Waals surface area contributed by atoms with Crippen LogP contribution >= 0.6 is 11.8 Å². The number of H-pyrrole nitrogens is 1. The van der Waals surface area contributed by atoms with Crippen LogP contribution in [0.4, 0.5) is 0 Å². The maximum absolute atomic E-state index is 12.5. The molecule has 1 unspecified atom stereocenters. The molecule has 9 heteroatoms. The number of hydrogen-bond acceptors (Lipinski definition) is 6. The molecule has 0 amide bonds. The minimum absolute atomic E-state index is 0.334. The van der Waals surface area contributed by atoms with Gasteiger partial charge in [0.05, 0.1) is 7.11 Å².